The largest absolute Gasteiger partial charge is 0.330 e. The fraction of sp³-hybridized carbons (Fsp3) is 0.455. The average molecular weight is 324 g/mol. The zero-order chi connectivity index (χ0) is 13.2. The molecule has 0 bridgehead atoms. The summed E-state index contributed by atoms with van der Waals surface area (Å²) in [7, 11) is -3.57. The quantitative estimate of drug-likeness (QED) is 0.925. The van der Waals surface area contributed by atoms with Crippen LogP contribution in [-0.4, -0.2) is 21.2 Å². The summed E-state index contributed by atoms with van der Waals surface area (Å²) in [6.45, 7) is 2.43. The fourth-order valence-electron chi connectivity index (χ4n) is 1.63. The van der Waals surface area contributed by atoms with Crippen LogP contribution in [0.15, 0.2) is 21.5 Å². The molecule has 0 aliphatic rings. The lowest BCUT2D eigenvalue weighted by Gasteiger charge is -2.13. The Hall–Kier alpha value is -0.460. The topological polar surface area (TPSA) is 60.2 Å². The van der Waals surface area contributed by atoms with E-state index in [0.717, 1.165) is 18.2 Å². The van der Waals surface area contributed by atoms with Gasteiger partial charge in [0, 0.05) is 10.7 Å². The van der Waals surface area contributed by atoms with Crippen LogP contribution in [0.5, 0.6) is 0 Å². The van der Waals surface area contributed by atoms with Gasteiger partial charge in [0.05, 0.1) is 0 Å². The van der Waals surface area contributed by atoms with Gasteiger partial charge in [0.25, 0.3) is 0 Å². The summed E-state index contributed by atoms with van der Waals surface area (Å²) in [5, 5.41) is 0. The van der Waals surface area contributed by atoms with Crippen molar-refractivity contribution in [3.63, 3.8) is 0 Å². The number of sulfone groups is 1. The molecule has 3 nitrogen and oxygen atoms in total. The van der Waals surface area contributed by atoms with Gasteiger partial charge in [0.1, 0.15) is 10.7 Å². The van der Waals surface area contributed by atoms with Gasteiger partial charge in [-0.1, -0.05) is 6.92 Å². The molecule has 0 spiro atoms. The standard InChI is InChI=1S/C11H15BrFNO2S/c1-7(3-4-14)8-5-9(12)11(10(13)6-8)17(2,15)16/h5-7H,3-4,14H2,1-2H3. The van der Waals surface area contributed by atoms with Crippen LogP contribution in [-0.2, 0) is 9.84 Å². The first-order valence-electron chi connectivity index (χ1n) is 5.16. The molecular formula is C11H15BrFNO2S. The smallest absolute Gasteiger partial charge is 0.179 e. The van der Waals surface area contributed by atoms with E-state index in [1.165, 1.54) is 6.07 Å². The van der Waals surface area contributed by atoms with Gasteiger partial charge in [-0.3, -0.25) is 0 Å². The summed E-state index contributed by atoms with van der Waals surface area (Å²) < 4.78 is 36.8. The Labute approximate surface area is 109 Å². The first kappa shape index (κ1) is 14.6. The van der Waals surface area contributed by atoms with E-state index in [1.807, 2.05) is 6.92 Å². The van der Waals surface area contributed by atoms with Crippen molar-refractivity contribution in [2.24, 2.45) is 5.73 Å². The summed E-state index contributed by atoms with van der Waals surface area (Å²) in [6.07, 6.45) is 1.71. The van der Waals surface area contributed by atoms with Crippen molar-refractivity contribution in [3.05, 3.63) is 28.0 Å². The Kier molecular flexibility index (Phi) is 4.69. The summed E-state index contributed by atoms with van der Waals surface area (Å²) in [6, 6.07) is 2.90. The van der Waals surface area contributed by atoms with Gasteiger partial charge in [0.2, 0.25) is 0 Å². The van der Waals surface area contributed by atoms with Crippen LogP contribution in [0.3, 0.4) is 0 Å². The van der Waals surface area contributed by atoms with E-state index in [0.29, 0.717) is 6.54 Å². The molecule has 17 heavy (non-hydrogen) atoms. The van der Waals surface area contributed by atoms with Crippen LogP contribution < -0.4 is 5.73 Å². The lowest BCUT2D eigenvalue weighted by Crippen LogP contribution is -2.07. The normalized spacial score (nSPS) is 13.7. The Morgan fingerprint density at radius 1 is 1.47 bits per heavy atom. The summed E-state index contributed by atoms with van der Waals surface area (Å²) >= 11 is 3.10. The molecular weight excluding hydrogens is 309 g/mol. The van der Waals surface area contributed by atoms with Crippen molar-refractivity contribution in [2.75, 3.05) is 12.8 Å². The molecule has 0 fully saturated rings. The van der Waals surface area contributed by atoms with E-state index in [9.17, 15) is 12.8 Å². The maximum absolute atomic E-state index is 13.8. The van der Waals surface area contributed by atoms with E-state index in [2.05, 4.69) is 15.9 Å². The third-order valence-corrected chi connectivity index (χ3v) is 4.60. The van der Waals surface area contributed by atoms with Crippen LogP contribution in [0.25, 0.3) is 0 Å². The van der Waals surface area contributed by atoms with Gasteiger partial charge in [-0.05, 0) is 52.5 Å². The number of rotatable bonds is 4. The van der Waals surface area contributed by atoms with Crippen molar-refractivity contribution in [3.8, 4) is 0 Å². The van der Waals surface area contributed by atoms with Crippen LogP contribution >= 0.6 is 15.9 Å². The molecule has 0 saturated heterocycles. The number of hydrogen-bond acceptors (Lipinski definition) is 3. The Morgan fingerprint density at radius 3 is 2.47 bits per heavy atom. The number of halogens is 2. The van der Waals surface area contributed by atoms with Crippen LogP contribution in [0.1, 0.15) is 24.8 Å². The molecule has 0 heterocycles. The summed E-state index contributed by atoms with van der Waals surface area (Å²) in [5.74, 6) is -0.625. The van der Waals surface area contributed by atoms with Crippen molar-refractivity contribution in [1.82, 2.24) is 0 Å². The van der Waals surface area contributed by atoms with Crippen molar-refractivity contribution in [1.29, 1.82) is 0 Å². The third-order valence-electron chi connectivity index (χ3n) is 2.56. The van der Waals surface area contributed by atoms with Crippen molar-refractivity contribution >= 4 is 25.8 Å². The lowest BCUT2D eigenvalue weighted by molar-refractivity contribution is 0.564. The molecule has 0 aliphatic carbocycles. The van der Waals surface area contributed by atoms with Crippen LogP contribution in [0, 0.1) is 5.82 Å². The van der Waals surface area contributed by atoms with Crippen LogP contribution in [0.4, 0.5) is 4.39 Å². The molecule has 6 heteroatoms. The monoisotopic (exact) mass is 323 g/mol. The molecule has 0 amide bonds. The molecule has 2 N–H and O–H groups in total. The van der Waals surface area contributed by atoms with Crippen molar-refractivity contribution < 1.29 is 12.8 Å². The predicted molar refractivity (Wildman–Crippen MR) is 69.3 cm³/mol. The minimum absolute atomic E-state index is 0.0967. The Balaban J connectivity index is 3.28. The maximum atomic E-state index is 13.8. The van der Waals surface area contributed by atoms with Gasteiger partial charge in [-0.15, -0.1) is 0 Å². The SMILES string of the molecule is CC(CCN)c1cc(F)c(S(C)(=O)=O)c(Br)c1. The second-order valence-corrected chi connectivity index (χ2v) is 6.87. The highest BCUT2D eigenvalue weighted by atomic mass is 79.9. The molecule has 0 aliphatic heterocycles. The molecule has 1 aromatic carbocycles. The van der Waals surface area contributed by atoms with Gasteiger partial charge in [-0.2, -0.15) is 0 Å². The predicted octanol–water partition coefficient (Wildman–Crippen LogP) is 2.44. The second-order valence-electron chi connectivity index (χ2n) is 4.06. The van der Waals surface area contributed by atoms with Gasteiger partial charge >= 0.3 is 0 Å². The molecule has 1 atom stereocenters. The first-order valence-corrected chi connectivity index (χ1v) is 7.85. The van der Waals surface area contributed by atoms with E-state index in [1.54, 1.807) is 6.07 Å². The van der Waals surface area contributed by atoms with Gasteiger partial charge in [-0.25, -0.2) is 12.8 Å². The highest BCUT2D eigenvalue weighted by molar-refractivity contribution is 9.10. The summed E-state index contributed by atoms with van der Waals surface area (Å²) in [4.78, 5) is -0.291. The van der Waals surface area contributed by atoms with Crippen molar-refractivity contribution in [2.45, 2.75) is 24.2 Å². The second kappa shape index (κ2) is 5.46. The Bertz CT molecular complexity index is 493. The first-order chi connectivity index (χ1) is 7.77. The summed E-state index contributed by atoms with van der Waals surface area (Å²) in [5.41, 5.74) is 6.18. The van der Waals surface area contributed by atoms with E-state index in [-0.39, 0.29) is 15.3 Å². The minimum Gasteiger partial charge on any atom is -0.330 e. The van der Waals surface area contributed by atoms with Gasteiger partial charge in [0.15, 0.2) is 9.84 Å². The van der Waals surface area contributed by atoms with E-state index >= 15 is 0 Å². The lowest BCUT2D eigenvalue weighted by atomic mass is 9.98. The average Bonchev–Trinajstić information content (AvgIpc) is 2.14. The minimum atomic E-state index is -3.57. The fourth-order valence-corrected chi connectivity index (χ4v) is 3.80. The molecule has 1 unspecified atom stereocenters. The van der Waals surface area contributed by atoms with E-state index in [4.69, 9.17) is 5.73 Å². The molecule has 1 aromatic rings. The number of nitrogens with two attached hydrogens (primary N) is 1. The highest BCUT2D eigenvalue weighted by Crippen LogP contribution is 2.30. The van der Waals surface area contributed by atoms with Gasteiger partial charge < -0.3 is 5.73 Å². The molecule has 0 radical (unpaired) electrons. The number of hydrogen-bond donors (Lipinski definition) is 1. The molecule has 0 saturated carbocycles. The zero-order valence-corrected chi connectivity index (χ0v) is 12.1. The number of benzene rings is 1. The molecule has 1 rings (SSSR count). The van der Waals surface area contributed by atoms with E-state index < -0.39 is 15.7 Å². The van der Waals surface area contributed by atoms with Crippen LogP contribution in [0.2, 0.25) is 0 Å². The molecule has 0 aromatic heterocycles. The molecule has 96 valence electrons. The highest BCUT2D eigenvalue weighted by Gasteiger charge is 2.20. The Morgan fingerprint density at radius 2 is 2.06 bits per heavy atom. The maximum Gasteiger partial charge on any atom is 0.179 e. The third kappa shape index (κ3) is 3.50. The zero-order valence-electron chi connectivity index (χ0n) is 9.70.